The second-order valence-electron chi connectivity index (χ2n) is 3.77. The number of rotatable bonds is 3. The van der Waals surface area contributed by atoms with E-state index in [-0.39, 0.29) is 10.9 Å². The van der Waals surface area contributed by atoms with Gasteiger partial charge in [0, 0.05) is 0 Å². The van der Waals surface area contributed by atoms with Crippen LogP contribution < -0.4 is 10.4 Å². The highest BCUT2D eigenvalue weighted by atomic mass is 16.5. The van der Waals surface area contributed by atoms with E-state index >= 15 is 0 Å². The van der Waals surface area contributed by atoms with Crippen molar-refractivity contribution in [2.24, 2.45) is 0 Å². The Morgan fingerprint density at radius 1 is 1.32 bits per heavy atom. The Labute approximate surface area is 109 Å². The van der Waals surface area contributed by atoms with Crippen LogP contribution in [-0.4, -0.2) is 20.2 Å². The molecule has 2 aromatic rings. The molecule has 0 bridgehead atoms. The molecule has 5 heteroatoms. The normalized spacial score (nSPS) is 10.2. The van der Waals surface area contributed by atoms with Crippen LogP contribution in [0.5, 0.6) is 5.75 Å². The van der Waals surface area contributed by atoms with Gasteiger partial charge < -0.3 is 13.9 Å². The number of hydrogen-bond acceptors (Lipinski definition) is 5. The molecule has 0 aliphatic carbocycles. The maximum Gasteiger partial charge on any atom is 0.345 e. The van der Waals surface area contributed by atoms with Gasteiger partial charge in [0.2, 0.25) is 0 Å². The summed E-state index contributed by atoms with van der Waals surface area (Å²) in [6, 6.07) is 4.70. The Kier molecular flexibility index (Phi) is 3.37. The molecule has 19 heavy (non-hydrogen) atoms. The van der Waals surface area contributed by atoms with Crippen molar-refractivity contribution in [3.05, 3.63) is 46.5 Å². The Bertz CT molecular complexity index is 712. The first kappa shape index (κ1) is 12.9. The van der Waals surface area contributed by atoms with Gasteiger partial charge in [-0.05, 0) is 29.7 Å². The molecule has 0 aliphatic heterocycles. The molecule has 1 aromatic heterocycles. The highest BCUT2D eigenvalue weighted by Crippen LogP contribution is 2.24. The summed E-state index contributed by atoms with van der Waals surface area (Å²) in [5.41, 5.74) is -0.503. The minimum Gasteiger partial charge on any atom is -0.497 e. The van der Waals surface area contributed by atoms with Crippen molar-refractivity contribution in [3.8, 4) is 5.75 Å². The molecule has 0 atom stereocenters. The Morgan fingerprint density at radius 3 is 2.63 bits per heavy atom. The molecule has 5 nitrogen and oxygen atoms in total. The number of benzene rings is 1. The molecular weight excluding hydrogens is 248 g/mol. The van der Waals surface area contributed by atoms with Crippen LogP contribution in [0.2, 0.25) is 0 Å². The summed E-state index contributed by atoms with van der Waals surface area (Å²) in [5.74, 6) is 0.151. The number of fused-ring (bicyclic) bond motifs is 1. The van der Waals surface area contributed by atoms with Gasteiger partial charge >= 0.3 is 11.6 Å². The highest BCUT2D eigenvalue weighted by Gasteiger charge is 2.17. The third-order valence-electron chi connectivity index (χ3n) is 2.70. The van der Waals surface area contributed by atoms with E-state index in [1.54, 1.807) is 12.1 Å². The van der Waals surface area contributed by atoms with E-state index in [4.69, 9.17) is 9.15 Å². The topological polar surface area (TPSA) is 65.7 Å². The smallest absolute Gasteiger partial charge is 0.345 e. The van der Waals surface area contributed by atoms with Gasteiger partial charge in [0.1, 0.15) is 11.5 Å². The van der Waals surface area contributed by atoms with Crippen molar-refractivity contribution >= 4 is 22.8 Å². The average Bonchev–Trinajstić information content (AvgIpc) is 2.44. The van der Waals surface area contributed by atoms with Crippen LogP contribution in [0, 0.1) is 0 Å². The van der Waals surface area contributed by atoms with Gasteiger partial charge in [-0.3, -0.25) is 0 Å². The summed E-state index contributed by atoms with van der Waals surface area (Å²) >= 11 is 0. The summed E-state index contributed by atoms with van der Waals surface area (Å²) < 4.78 is 14.8. The van der Waals surface area contributed by atoms with Crippen LogP contribution in [0.25, 0.3) is 16.8 Å². The second kappa shape index (κ2) is 4.97. The fourth-order valence-electron chi connectivity index (χ4n) is 1.81. The van der Waals surface area contributed by atoms with Gasteiger partial charge in [0.05, 0.1) is 25.2 Å². The van der Waals surface area contributed by atoms with E-state index < -0.39 is 11.6 Å². The highest BCUT2D eigenvalue weighted by molar-refractivity contribution is 6.04. The fraction of sp³-hybridized carbons (Fsp3) is 0.143. The first-order valence-electron chi connectivity index (χ1n) is 5.47. The Balaban J connectivity index is 2.90. The third-order valence-corrected chi connectivity index (χ3v) is 2.70. The average molecular weight is 260 g/mol. The molecule has 0 radical (unpaired) electrons. The Morgan fingerprint density at radius 2 is 2.05 bits per heavy atom. The predicted octanol–water partition coefficient (Wildman–Crippen LogP) is 2.23. The lowest BCUT2D eigenvalue weighted by atomic mass is 10.1. The molecule has 0 unspecified atom stereocenters. The number of carbonyl (C=O) groups excluding carboxylic acids is 1. The lowest BCUT2D eigenvalue weighted by Gasteiger charge is -2.07. The first-order chi connectivity index (χ1) is 9.10. The van der Waals surface area contributed by atoms with Gasteiger partial charge in [-0.1, -0.05) is 6.58 Å². The largest absolute Gasteiger partial charge is 0.497 e. The molecule has 2 rings (SSSR count). The fourth-order valence-corrected chi connectivity index (χ4v) is 1.81. The lowest BCUT2D eigenvalue weighted by Crippen LogP contribution is -2.10. The zero-order valence-electron chi connectivity index (χ0n) is 10.6. The van der Waals surface area contributed by atoms with Crippen molar-refractivity contribution in [1.82, 2.24) is 0 Å². The number of hydrogen-bond donors (Lipinski definition) is 0. The Hall–Kier alpha value is -2.56. The SMILES string of the molecule is C=Cc1cc2cc(OC)cc(C(=O)OC)c2c(=O)o1. The quantitative estimate of drug-likeness (QED) is 0.792. The molecule has 1 heterocycles. The van der Waals surface area contributed by atoms with Crippen LogP contribution in [0.3, 0.4) is 0 Å². The van der Waals surface area contributed by atoms with Crippen molar-refractivity contribution in [3.63, 3.8) is 0 Å². The van der Waals surface area contributed by atoms with Crippen molar-refractivity contribution < 1.29 is 18.7 Å². The number of ether oxygens (including phenoxy) is 2. The zero-order valence-corrected chi connectivity index (χ0v) is 10.6. The van der Waals surface area contributed by atoms with Gasteiger partial charge in [-0.2, -0.15) is 0 Å². The summed E-state index contributed by atoms with van der Waals surface area (Å²) in [7, 11) is 2.72. The molecule has 0 N–H and O–H groups in total. The maximum atomic E-state index is 11.9. The second-order valence-corrected chi connectivity index (χ2v) is 3.77. The van der Waals surface area contributed by atoms with E-state index in [1.807, 2.05) is 0 Å². The molecular formula is C14H12O5. The third kappa shape index (κ3) is 2.22. The lowest BCUT2D eigenvalue weighted by molar-refractivity contribution is 0.0602. The molecule has 0 aliphatic rings. The minimum atomic E-state index is -0.623. The van der Waals surface area contributed by atoms with Gasteiger partial charge in [-0.25, -0.2) is 9.59 Å². The van der Waals surface area contributed by atoms with Gasteiger partial charge in [0.15, 0.2) is 0 Å². The van der Waals surface area contributed by atoms with Crippen molar-refractivity contribution in [1.29, 1.82) is 0 Å². The van der Waals surface area contributed by atoms with E-state index in [0.29, 0.717) is 16.9 Å². The molecule has 0 spiro atoms. The first-order valence-corrected chi connectivity index (χ1v) is 5.47. The number of methoxy groups -OCH3 is 2. The predicted molar refractivity (Wildman–Crippen MR) is 70.5 cm³/mol. The molecule has 0 fully saturated rings. The maximum absolute atomic E-state index is 11.9. The van der Waals surface area contributed by atoms with E-state index in [2.05, 4.69) is 11.3 Å². The van der Waals surface area contributed by atoms with Crippen LogP contribution in [0.1, 0.15) is 16.1 Å². The number of esters is 1. The van der Waals surface area contributed by atoms with Crippen molar-refractivity contribution in [2.75, 3.05) is 14.2 Å². The van der Waals surface area contributed by atoms with Crippen LogP contribution in [0.15, 0.2) is 34.0 Å². The summed E-state index contributed by atoms with van der Waals surface area (Å²) in [5, 5.41) is 0.698. The monoisotopic (exact) mass is 260 g/mol. The standard InChI is InChI=1S/C14H12O5/c1-4-9-5-8-6-10(17-2)7-11(13(15)18-3)12(8)14(16)19-9/h4-7H,1H2,2-3H3. The molecule has 98 valence electrons. The van der Waals surface area contributed by atoms with Gasteiger partial charge in [0.25, 0.3) is 0 Å². The molecule has 0 saturated carbocycles. The van der Waals surface area contributed by atoms with Gasteiger partial charge in [-0.15, -0.1) is 0 Å². The number of carbonyl (C=O) groups is 1. The van der Waals surface area contributed by atoms with E-state index in [0.717, 1.165) is 0 Å². The molecule has 1 aromatic carbocycles. The molecule has 0 amide bonds. The van der Waals surface area contributed by atoms with Crippen LogP contribution in [0.4, 0.5) is 0 Å². The van der Waals surface area contributed by atoms with Crippen LogP contribution >= 0.6 is 0 Å². The summed E-state index contributed by atoms with van der Waals surface area (Å²) in [6.07, 6.45) is 1.41. The van der Waals surface area contributed by atoms with E-state index in [1.165, 1.54) is 26.4 Å². The van der Waals surface area contributed by atoms with Crippen LogP contribution in [-0.2, 0) is 4.74 Å². The van der Waals surface area contributed by atoms with E-state index in [9.17, 15) is 9.59 Å². The summed E-state index contributed by atoms with van der Waals surface area (Å²) in [4.78, 5) is 23.7. The minimum absolute atomic E-state index is 0.112. The zero-order chi connectivity index (χ0) is 14.0. The summed E-state index contributed by atoms with van der Waals surface area (Å²) in [6.45, 7) is 3.54. The molecule has 0 saturated heterocycles. The van der Waals surface area contributed by atoms with Crippen molar-refractivity contribution in [2.45, 2.75) is 0 Å².